The zero-order valence-electron chi connectivity index (χ0n) is 22.2. The Balaban J connectivity index is 1.72. The molecule has 6 rings (SSSR count). The number of nitrogens with zero attached hydrogens (tertiary/aromatic N) is 3. The number of aliphatic hydroxyl groups is 1. The largest absolute Gasteiger partial charge is 0.386 e. The highest BCUT2D eigenvalue weighted by molar-refractivity contribution is 6.07. The number of aryl methyl sites for hydroxylation is 2. The normalized spacial score (nSPS) is 15.9. The third kappa shape index (κ3) is 4.10. The van der Waals surface area contributed by atoms with Gasteiger partial charge in [0.25, 0.3) is 0 Å². The van der Waals surface area contributed by atoms with E-state index in [-0.39, 0.29) is 11.9 Å². The predicted molar refractivity (Wildman–Crippen MR) is 146 cm³/mol. The van der Waals surface area contributed by atoms with E-state index in [0.717, 1.165) is 29.3 Å². The zero-order valence-corrected chi connectivity index (χ0v) is 22.2. The van der Waals surface area contributed by atoms with Gasteiger partial charge in [-0.15, -0.1) is 0 Å². The van der Waals surface area contributed by atoms with Gasteiger partial charge in [-0.3, -0.25) is 4.98 Å². The van der Waals surface area contributed by atoms with Gasteiger partial charge in [0, 0.05) is 35.9 Å². The van der Waals surface area contributed by atoms with E-state index >= 15 is 4.39 Å². The van der Waals surface area contributed by atoms with Crippen molar-refractivity contribution in [2.24, 2.45) is 5.92 Å². The summed E-state index contributed by atoms with van der Waals surface area (Å²) in [5, 5.41) is 15.7. The topological polar surface area (TPSA) is 73.3 Å². The molecule has 6 nitrogen and oxygen atoms in total. The van der Waals surface area contributed by atoms with Crippen molar-refractivity contribution in [1.29, 1.82) is 0 Å². The molecule has 38 heavy (non-hydrogen) atoms. The summed E-state index contributed by atoms with van der Waals surface area (Å²) >= 11 is 0. The maximum absolute atomic E-state index is 15.8. The van der Waals surface area contributed by atoms with Gasteiger partial charge in [-0.25, -0.2) is 4.39 Å². The molecule has 0 saturated carbocycles. The molecule has 0 amide bonds. The van der Waals surface area contributed by atoms with Crippen LogP contribution < -0.4 is 0 Å². The fraction of sp³-hybridized carbons (Fsp3) is 0.355. The number of hydrogen-bond donors (Lipinski definition) is 1. The molecule has 1 aliphatic heterocycles. The Morgan fingerprint density at radius 1 is 1.05 bits per heavy atom. The summed E-state index contributed by atoms with van der Waals surface area (Å²) in [7, 11) is 0. The first-order valence-corrected chi connectivity index (χ1v) is 13.2. The number of pyridine rings is 1. The van der Waals surface area contributed by atoms with E-state index in [2.05, 4.69) is 34.0 Å². The van der Waals surface area contributed by atoms with Crippen molar-refractivity contribution in [3.05, 3.63) is 83.1 Å². The Morgan fingerprint density at radius 3 is 2.45 bits per heavy atom. The second-order valence-electron chi connectivity index (χ2n) is 10.9. The maximum atomic E-state index is 15.8. The second-order valence-corrected chi connectivity index (χ2v) is 10.9. The predicted octanol–water partition coefficient (Wildman–Crippen LogP) is 6.84. The Labute approximate surface area is 221 Å². The fourth-order valence-electron chi connectivity index (χ4n) is 5.93. The van der Waals surface area contributed by atoms with Crippen molar-refractivity contribution in [3.8, 4) is 11.1 Å². The summed E-state index contributed by atoms with van der Waals surface area (Å²) in [5.74, 6) is 0.542. The molecule has 5 aromatic rings. The molecule has 0 aliphatic carbocycles. The highest BCUT2D eigenvalue weighted by atomic mass is 19.1. The van der Waals surface area contributed by atoms with Gasteiger partial charge < -0.3 is 18.9 Å². The molecule has 0 spiro atoms. The zero-order chi connectivity index (χ0) is 26.6. The van der Waals surface area contributed by atoms with Crippen molar-refractivity contribution < 1.29 is 18.8 Å². The van der Waals surface area contributed by atoms with Gasteiger partial charge >= 0.3 is 0 Å². The van der Waals surface area contributed by atoms with Gasteiger partial charge in [-0.2, -0.15) is 0 Å². The smallest absolute Gasteiger partial charge is 0.141 e. The van der Waals surface area contributed by atoms with E-state index in [1.54, 1.807) is 33.0 Å². The molecular weight excluding hydrogens is 481 g/mol. The molecule has 1 unspecified atom stereocenters. The van der Waals surface area contributed by atoms with E-state index in [4.69, 9.17) is 14.2 Å². The highest BCUT2D eigenvalue weighted by Crippen LogP contribution is 2.43. The van der Waals surface area contributed by atoms with E-state index in [0.29, 0.717) is 52.8 Å². The SMILES string of the molecule is Cc1noc(C)c1-c1cc2c(cc1F)c1ncc(C(C)(C)O)cc1n2C(c1ccccc1)C1CCOCC1. The third-order valence-corrected chi connectivity index (χ3v) is 7.87. The van der Waals surface area contributed by atoms with Crippen molar-refractivity contribution >= 4 is 21.9 Å². The van der Waals surface area contributed by atoms with Crippen LogP contribution in [-0.4, -0.2) is 33.0 Å². The van der Waals surface area contributed by atoms with E-state index < -0.39 is 5.60 Å². The van der Waals surface area contributed by atoms with Gasteiger partial charge in [0.05, 0.1) is 39.5 Å². The van der Waals surface area contributed by atoms with Crippen LogP contribution in [0.2, 0.25) is 0 Å². The molecule has 1 atom stereocenters. The monoisotopic (exact) mass is 513 g/mol. The number of halogens is 1. The summed E-state index contributed by atoms with van der Waals surface area (Å²) in [4.78, 5) is 4.78. The standard InChI is InChI=1S/C31H32FN3O3/c1-18-28(19(2)38-34-18)23-16-26-24(15-25(23)32)29-27(14-22(17-33-29)31(3,4)36)35(26)30(20-8-6-5-7-9-20)21-10-12-37-13-11-21/h5-9,14-17,21,30,36H,10-13H2,1-4H3. The minimum absolute atomic E-state index is 0.0260. The van der Waals surface area contributed by atoms with Gasteiger partial charge in [0.15, 0.2) is 0 Å². The molecule has 7 heteroatoms. The molecular formula is C31H32FN3O3. The van der Waals surface area contributed by atoms with Crippen molar-refractivity contribution in [1.82, 2.24) is 14.7 Å². The molecule has 0 bridgehead atoms. The van der Waals surface area contributed by atoms with Crippen LogP contribution in [0.15, 0.2) is 59.3 Å². The first-order chi connectivity index (χ1) is 18.2. The first kappa shape index (κ1) is 24.8. The molecule has 0 radical (unpaired) electrons. The van der Waals surface area contributed by atoms with E-state index in [1.807, 2.05) is 25.1 Å². The summed E-state index contributed by atoms with van der Waals surface area (Å²) in [6, 6.07) is 15.9. The van der Waals surface area contributed by atoms with Crippen LogP contribution in [-0.2, 0) is 10.3 Å². The lowest BCUT2D eigenvalue weighted by Gasteiger charge is -2.33. The van der Waals surface area contributed by atoms with Gasteiger partial charge in [0.2, 0.25) is 0 Å². The Morgan fingerprint density at radius 2 is 1.79 bits per heavy atom. The number of hydrogen-bond acceptors (Lipinski definition) is 5. The van der Waals surface area contributed by atoms with Gasteiger partial charge in [-0.1, -0.05) is 35.5 Å². The van der Waals surface area contributed by atoms with Crippen molar-refractivity contribution in [2.45, 2.75) is 52.2 Å². The van der Waals surface area contributed by atoms with Gasteiger partial charge in [0.1, 0.15) is 11.6 Å². The third-order valence-electron chi connectivity index (χ3n) is 7.87. The molecule has 1 aliphatic rings. The van der Waals surface area contributed by atoms with Crippen LogP contribution in [0.4, 0.5) is 4.39 Å². The number of benzene rings is 2. The molecule has 1 N–H and O–H groups in total. The number of fused-ring (bicyclic) bond motifs is 3. The summed E-state index contributed by atoms with van der Waals surface area (Å²) in [6.45, 7) is 8.56. The highest BCUT2D eigenvalue weighted by Gasteiger charge is 2.31. The molecule has 2 aromatic carbocycles. The maximum Gasteiger partial charge on any atom is 0.141 e. The molecule has 196 valence electrons. The van der Waals surface area contributed by atoms with Crippen LogP contribution in [0.1, 0.15) is 55.3 Å². The average molecular weight is 514 g/mol. The average Bonchev–Trinajstić information content (AvgIpc) is 3.40. The Kier molecular flexibility index (Phi) is 6.08. The lowest BCUT2D eigenvalue weighted by Crippen LogP contribution is -2.27. The van der Waals surface area contributed by atoms with E-state index in [1.165, 1.54) is 5.56 Å². The molecule has 4 heterocycles. The minimum atomic E-state index is -1.07. The lowest BCUT2D eigenvalue weighted by molar-refractivity contribution is 0.0552. The minimum Gasteiger partial charge on any atom is -0.386 e. The number of rotatable bonds is 5. The van der Waals surface area contributed by atoms with E-state index in [9.17, 15) is 5.11 Å². The summed E-state index contributed by atoms with van der Waals surface area (Å²) < 4.78 is 29.2. The summed E-state index contributed by atoms with van der Waals surface area (Å²) in [6.07, 6.45) is 3.52. The summed E-state index contributed by atoms with van der Waals surface area (Å²) in [5.41, 5.74) is 5.06. The van der Waals surface area contributed by atoms with Crippen LogP contribution >= 0.6 is 0 Å². The first-order valence-electron chi connectivity index (χ1n) is 13.2. The lowest BCUT2D eigenvalue weighted by atomic mass is 9.86. The second kappa shape index (κ2) is 9.33. The van der Waals surface area contributed by atoms with Crippen LogP contribution in [0.5, 0.6) is 0 Å². The molecule has 3 aromatic heterocycles. The fourth-order valence-corrected chi connectivity index (χ4v) is 5.93. The van der Waals surface area contributed by atoms with Crippen LogP contribution in [0, 0.1) is 25.6 Å². The van der Waals surface area contributed by atoms with Crippen molar-refractivity contribution in [2.75, 3.05) is 13.2 Å². The molecule has 1 saturated heterocycles. The quantitative estimate of drug-likeness (QED) is 0.278. The molecule has 1 fully saturated rings. The van der Waals surface area contributed by atoms with Crippen LogP contribution in [0.3, 0.4) is 0 Å². The number of ether oxygens (including phenoxy) is 1. The Bertz CT molecular complexity index is 1610. The van der Waals surface area contributed by atoms with Gasteiger partial charge in [-0.05, 0) is 70.2 Å². The van der Waals surface area contributed by atoms with Crippen LogP contribution in [0.25, 0.3) is 33.1 Å². The number of aromatic nitrogens is 3. The Hall–Kier alpha value is -3.55. The van der Waals surface area contributed by atoms with Crippen molar-refractivity contribution in [3.63, 3.8) is 0 Å².